The first kappa shape index (κ1) is 15.9. The van der Waals surface area contributed by atoms with E-state index in [1.165, 1.54) is 31.5 Å². The van der Waals surface area contributed by atoms with Gasteiger partial charge in [0.2, 0.25) is 6.79 Å². The predicted molar refractivity (Wildman–Crippen MR) is 95.2 cm³/mol. The molecule has 5 heteroatoms. The van der Waals surface area contributed by atoms with E-state index in [2.05, 4.69) is 28.0 Å². The fourth-order valence-corrected chi connectivity index (χ4v) is 5.64. The van der Waals surface area contributed by atoms with Gasteiger partial charge in [0.05, 0.1) is 0 Å². The second kappa shape index (κ2) is 6.45. The van der Waals surface area contributed by atoms with Crippen molar-refractivity contribution in [1.29, 1.82) is 0 Å². The first-order valence-corrected chi connectivity index (χ1v) is 9.72. The molecule has 25 heavy (non-hydrogen) atoms. The third-order valence-electron chi connectivity index (χ3n) is 6.71. The van der Waals surface area contributed by atoms with Gasteiger partial charge in [-0.25, -0.2) is 0 Å². The number of benzene rings is 1. The van der Waals surface area contributed by atoms with E-state index in [9.17, 15) is 0 Å². The number of likely N-dealkylation sites (tertiary alicyclic amines) is 1. The molecule has 0 aromatic heterocycles. The van der Waals surface area contributed by atoms with Gasteiger partial charge in [0, 0.05) is 44.8 Å². The molecular formula is C20H28N2O3. The molecule has 4 fully saturated rings. The molecule has 4 saturated heterocycles. The van der Waals surface area contributed by atoms with Crippen LogP contribution in [0.4, 0.5) is 0 Å². The van der Waals surface area contributed by atoms with Gasteiger partial charge < -0.3 is 14.2 Å². The van der Waals surface area contributed by atoms with E-state index < -0.39 is 0 Å². The third kappa shape index (κ3) is 2.64. The molecule has 3 atom stereocenters. The van der Waals surface area contributed by atoms with Crippen LogP contribution in [0.3, 0.4) is 0 Å². The number of hydrogen-bond donors (Lipinski definition) is 0. The highest BCUT2D eigenvalue weighted by Crippen LogP contribution is 2.47. The van der Waals surface area contributed by atoms with E-state index in [0.717, 1.165) is 49.6 Å². The van der Waals surface area contributed by atoms with Gasteiger partial charge in [-0.15, -0.1) is 0 Å². The highest BCUT2D eigenvalue weighted by Gasteiger charge is 2.53. The third-order valence-corrected chi connectivity index (χ3v) is 6.71. The van der Waals surface area contributed by atoms with E-state index in [4.69, 9.17) is 14.2 Å². The lowest BCUT2D eigenvalue weighted by Gasteiger charge is -2.51. The maximum Gasteiger partial charge on any atom is 0.231 e. The molecule has 5 nitrogen and oxygen atoms in total. The van der Waals surface area contributed by atoms with Crippen LogP contribution >= 0.6 is 0 Å². The summed E-state index contributed by atoms with van der Waals surface area (Å²) in [6.45, 7) is 6.08. The molecule has 5 aliphatic rings. The van der Waals surface area contributed by atoms with Gasteiger partial charge in [-0.05, 0) is 56.0 Å². The van der Waals surface area contributed by atoms with Gasteiger partial charge >= 0.3 is 0 Å². The lowest BCUT2D eigenvalue weighted by atomic mass is 9.75. The van der Waals surface area contributed by atoms with Crippen LogP contribution in [0.5, 0.6) is 11.5 Å². The van der Waals surface area contributed by atoms with Gasteiger partial charge in [-0.1, -0.05) is 6.07 Å². The minimum absolute atomic E-state index is 0.354. The average Bonchev–Trinajstić information content (AvgIpc) is 3.28. The highest BCUT2D eigenvalue weighted by atomic mass is 16.7. The number of nitrogens with zero attached hydrogens (tertiary/aromatic N) is 2. The van der Waals surface area contributed by atoms with Crippen LogP contribution in [0.25, 0.3) is 0 Å². The van der Waals surface area contributed by atoms with Gasteiger partial charge in [0.15, 0.2) is 11.5 Å². The fourth-order valence-electron chi connectivity index (χ4n) is 5.64. The molecule has 0 amide bonds. The van der Waals surface area contributed by atoms with Crippen LogP contribution in [0.1, 0.15) is 30.7 Å². The minimum Gasteiger partial charge on any atom is -0.454 e. The van der Waals surface area contributed by atoms with Crippen molar-refractivity contribution in [3.8, 4) is 11.5 Å². The molecule has 0 spiro atoms. The maximum atomic E-state index is 5.64. The Bertz CT molecular complexity index is 629. The van der Waals surface area contributed by atoms with Gasteiger partial charge in [0.1, 0.15) is 0 Å². The number of hydrogen-bond acceptors (Lipinski definition) is 5. The molecular weight excluding hydrogens is 316 g/mol. The van der Waals surface area contributed by atoms with Crippen LogP contribution in [0.2, 0.25) is 0 Å². The molecule has 2 bridgehead atoms. The number of methoxy groups -OCH3 is 1. The van der Waals surface area contributed by atoms with Gasteiger partial charge in [-0.2, -0.15) is 0 Å². The normalized spacial score (nSPS) is 36.0. The molecule has 5 heterocycles. The van der Waals surface area contributed by atoms with E-state index in [-0.39, 0.29) is 0 Å². The Morgan fingerprint density at radius 3 is 2.80 bits per heavy atom. The van der Waals surface area contributed by atoms with Crippen LogP contribution in [0, 0.1) is 5.92 Å². The summed E-state index contributed by atoms with van der Waals surface area (Å²) < 4.78 is 16.4. The summed E-state index contributed by atoms with van der Waals surface area (Å²) >= 11 is 0. The van der Waals surface area contributed by atoms with E-state index in [0.29, 0.717) is 18.8 Å². The SMILES string of the molecule is COCCCN1C[C@@H](c2ccc3c(c2)OCO3)[C@@H]2[C@H]1C1CCN2CC1. The van der Waals surface area contributed by atoms with Crippen molar-refractivity contribution in [3.05, 3.63) is 23.8 Å². The zero-order valence-corrected chi connectivity index (χ0v) is 15.0. The van der Waals surface area contributed by atoms with Crippen molar-refractivity contribution in [3.63, 3.8) is 0 Å². The first-order chi connectivity index (χ1) is 12.3. The summed E-state index contributed by atoms with van der Waals surface area (Å²) in [5.41, 5.74) is 1.42. The average molecular weight is 344 g/mol. The Morgan fingerprint density at radius 1 is 1.12 bits per heavy atom. The second-order valence-electron chi connectivity index (χ2n) is 7.92. The molecule has 1 aromatic carbocycles. The van der Waals surface area contributed by atoms with Crippen molar-refractivity contribution in [2.75, 3.05) is 46.7 Å². The van der Waals surface area contributed by atoms with Crippen molar-refractivity contribution in [1.82, 2.24) is 9.80 Å². The molecule has 1 aromatic rings. The Balaban J connectivity index is 1.43. The monoisotopic (exact) mass is 344 g/mol. The van der Waals surface area contributed by atoms with Gasteiger partial charge in [-0.3, -0.25) is 9.80 Å². The summed E-state index contributed by atoms with van der Waals surface area (Å²) in [4.78, 5) is 5.52. The smallest absolute Gasteiger partial charge is 0.231 e. The molecule has 5 aliphatic heterocycles. The van der Waals surface area contributed by atoms with Crippen LogP contribution < -0.4 is 9.47 Å². The molecule has 0 radical (unpaired) electrons. The summed E-state index contributed by atoms with van der Waals surface area (Å²) in [6, 6.07) is 7.96. The Kier molecular flexibility index (Phi) is 4.11. The molecule has 0 unspecified atom stereocenters. The molecule has 6 rings (SSSR count). The van der Waals surface area contributed by atoms with Crippen molar-refractivity contribution in [2.45, 2.75) is 37.3 Å². The van der Waals surface area contributed by atoms with Gasteiger partial charge in [0.25, 0.3) is 0 Å². The maximum absolute atomic E-state index is 5.64. The lowest BCUT2D eigenvalue weighted by molar-refractivity contribution is -0.00804. The van der Waals surface area contributed by atoms with Crippen LogP contribution in [-0.2, 0) is 4.74 Å². The predicted octanol–water partition coefficient (Wildman–Crippen LogP) is 2.31. The largest absolute Gasteiger partial charge is 0.454 e. The lowest BCUT2D eigenvalue weighted by Crippen LogP contribution is -2.60. The molecule has 0 N–H and O–H groups in total. The quantitative estimate of drug-likeness (QED) is 0.766. The van der Waals surface area contributed by atoms with Crippen LogP contribution in [0.15, 0.2) is 18.2 Å². The Hall–Kier alpha value is -1.30. The minimum atomic E-state index is 0.354. The molecule has 0 saturated carbocycles. The van der Waals surface area contributed by atoms with Crippen LogP contribution in [-0.4, -0.2) is 68.6 Å². The summed E-state index contributed by atoms with van der Waals surface area (Å²) in [5.74, 6) is 3.25. The van der Waals surface area contributed by atoms with Crippen molar-refractivity contribution >= 4 is 0 Å². The topological polar surface area (TPSA) is 34.2 Å². The Labute approximate surface area is 149 Å². The number of rotatable bonds is 5. The number of ether oxygens (including phenoxy) is 3. The molecule has 136 valence electrons. The van der Waals surface area contributed by atoms with E-state index >= 15 is 0 Å². The summed E-state index contributed by atoms with van der Waals surface area (Å²) in [6.07, 6.45) is 3.87. The van der Waals surface area contributed by atoms with E-state index in [1.807, 2.05) is 0 Å². The summed E-state index contributed by atoms with van der Waals surface area (Å²) in [7, 11) is 1.80. The fraction of sp³-hybridized carbons (Fsp3) is 0.700. The Morgan fingerprint density at radius 2 is 1.96 bits per heavy atom. The van der Waals surface area contributed by atoms with Crippen molar-refractivity contribution < 1.29 is 14.2 Å². The first-order valence-electron chi connectivity index (χ1n) is 9.72. The van der Waals surface area contributed by atoms with E-state index in [1.54, 1.807) is 7.11 Å². The number of fused-ring (bicyclic) bond motifs is 3. The highest BCUT2D eigenvalue weighted by molar-refractivity contribution is 5.46. The number of piperidine rings is 3. The molecule has 0 aliphatic carbocycles. The zero-order chi connectivity index (χ0) is 16.8. The summed E-state index contributed by atoms with van der Waals surface area (Å²) in [5, 5.41) is 0. The second-order valence-corrected chi connectivity index (χ2v) is 7.92. The van der Waals surface area contributed by atoms with Crippen molar-refractivity contribution in [2.24, 2.45) is 5.92 Å². The zero-order valence-electron chi connectivity index (χ0n) is 15.0. The standard InChI is InChI=1S/C20H28N2O3/c1-23-10-2-7-22-12-16(15-3-4-17-18(11-15)25-13-24-17)20-19(22)14-5-8-21(20)9-6-14/h3-4,11,14,16,19-20H,2,5-10,12-13H2,1H3/t16-,19+,20+/m0/s1.